The summed E-state index contributed by atoms with van der Waals surface area (Å²) in [5, 5.41) is 0. The molecule has 0 aliphatic heterocycles. The topological polar surface area (TPSA) is 26.3 Å². The Bertz CT molecular complexity index is 637. The Morgan fingerprint density at radius 1 is 0.957 bits per heavy atom. The molecule has 120 valence electrons. The molecule has 0 saturated heterocycles. The van der Waals surface area contributed by atoms with Crippen molar-refractivity contribution < 1.29 is 9.53 Å². The van der Waals surface area contributed by atoms with E-state index in [1.165, 1.54) is 12.0 Å². The third-order valence-corrected chi connectivity index (χ3v) is 4.91. The van der Waals surface area contributed by atoms with Crippen LogP contribution in [0.2, 0.25) is 0 Å². The zero-order valence-electron chi connectivity index (χ0n) is 13.8. The molecule has 1 aliphatic rings. The van der Waals surface area contributed by atoms with Gasteiger partial charge in [-0.3, -0.25) is 4.79 Å². The van der Waals surface area contributed by atoms with Crippen LogP contribution in [0.4, 0.5) is 0 Å². The SMILES string of the molecule is Cc1ccc(C2(C(=O)OCc3ccccc3)CCCCC2)cc1. The summed E-state index contributed by atoms with van der Waals surface area (Å²) < 4.78 is 5.72. The van der Waals surface area contributed by atoms with Crippen molar-refractivity contribution in [3.8, 4) is 0 Å². The first-order chi connectivity index (χ1) is 11.2. The maximum atomic E-state index is 13.0. The summed E-state index contributed by atoms with van der Waals surface area (Å²) in [5.41, 5.74) is 2.91. The summed E-state index contributed by atoms with van der Waals surface area (Å²) in [6, 6.07) is 18.3. The molecule has 2 heteroatoms. The third-order valence-electron chi connectivity index (χ3n) is 4.91. The van der Waals surface area contributed by atoms with Gasteiger partial charge in [0.1, 0.15) is 6.61 Å². The average Bonchev–Trinajstić information content (AvgIpc) is 2.61. The van der Waals surface area contributed by atoms with E-state index in [9.17, 15) is 4.79 Å². The quantitative estimate of drug-likeness (QED) is 0.748. The van der Waals surface area contributed by atoms with Crippen molar-refractivity contribution in [1.82, 2.24) is 0 Å². The van der Waals surface area contributed by atoms with Crippen molar-refractivity contribution in [2.75, 3.05) is 0 Å². The van der Waals surface area contributed by atoms with E-state index in [1.54, 1.807) is 0 Å². The standard InChI is InChI=1S/C21H24O2/c1-17-10-12-19(13-11-17)21(14-6-3-7-15-21)20(22)23-16-18-8-4-2-5-9-18/h2,4-5,8-13H,3,6-7,14-16H2,1H3. The highest BCUT2D eigenvalue weighted by Gasteiger charge is 2.42. The number of carbonyl (C=O) groups excluding carboxylic acids is 1. The first-order valence-corrected chi connectivity index (χ1v) is 8.49. The molecule has 0 unspecified atom stereocenters. The lowest BCUT2D eigenvalue weighted by Gasteiger charge is -2.35. The molecule has 2 aromatic carbocycles. The molecule has 2 nitrogen and oxygen atoms in total. The van der Waals surface area contributed by atoms with Crippen LogP contribution in [0.25, 0.3) is 0 Å². The Morgan fingerprint density at radius 3 is 2.26 bits per heavy atom. The molecule has 0 heterocycles. The maximum absolute atomic E-state index is 13.0. The molecule has 0 radical (unpaired) electrons. The van der Waals surface area contributed by atoms with Crippen LogP contribution in [0, 0.1) is 6.92 Å². The number of aryl methyl sites for hydroxylation is 1. The largest absolute Gasteiger partial charge is 0.460 e. The van der Waals surface area contributed by atoms with Gasteiger partial charge in [0.25, 0.3) is 0 Å². The second kappa shape index (κ2) is 6.99. The maximum Gasteiger partial charge on any atom is 0.316 e. The van der Waals surface area contributed by atoms with Crippen molar-refractivity contribution in [2.45, 2.75) is 51.0 Å². The lowest BCUT2D eigenvalue weighted by Crippen LogP contribution is -2.39. The summed E-state index contributed by atoms with van der Waals surface area (Å²) >= 11 is 0. The van der Waals surface area contributed by atoms with Gasteiger partial charge in [-0.15, -0.1) is 0 Å². The molecular formula is C21H24O2. The van der Waals surface area contributed by atoms with E-state index in [2.05, 4.69) is 31.2 Å². The highest BCUT2D eigenvalue weighted by atomic mass is 16.5. The van der Waals surface area contributed by atoms with E-state index in [-0.39, 0.29) is 5.97 Å². The Balaban J connectivity index is 1.80. The molecule has 0 atom stereocenters. The molecule has 0 aromatic heterocycles. The molecule has 0 spiro atoms. The lowest BCUT2D eigenvalue weighted by molar-refractivity contribution is -0.153. The van der Waals surface area contributed by atoms with E-state index in [1.807, 2.05) is 30.3 Å². The number of esters is 1. The van der Waals surface area contributed by atoms with Gasteiger partial charge in [0.05, 0.1) is 5.41 Å². The summed E-state index contributed by atoms with van der Waals surface area (Å²) in [6.45, 7) is 2.43. The van der Waals surface area contributed by atoms with E-state index >= 15 is 0 Å². The molecule has 23 heavy (non-hydrogen) atoms. The number of rotatable bonds is 4. The average molecular weight is 308 g/mol. The van der Waals surface area contributed by atoms with Crippen LogP contribution in [0.1, 0.15) is 48.8 Å². The summed E-state index contributed by atoms with van der Waals surface area (Å²) in [6.07, 6.45) is 5.18. The smallest absolute Gasteiger partial charge is 0.316 e. The van der Waals surface area contributed by atoms with Gasteiger partial charge in [0, 0.05) is 0 Å². The molecule has 0 bridgehead atoms. The molecule has 3 rings (SSSR count). The Labute approximate surface area is 138 Å². The minimum Gasteiger partial charge on any atom is -0.460 e. The first-order valence-electron chi connectivity index (χ1n) is 8.49. The number of ether oxygens (including phenoxy) is 1. The van der Waals surface area contributed by atoms with Gasteiger partial charge in [-0.25, -0.2) is 0 Å². The zero-order valence-corrected chi connectivity index (χ0v) is 13.8. The van der Waals surface area contributed by atoms with Crippen LogP contribution < -0.4 is 0 Å². The van der Waals surface area contributed by atoms with E-state index in [0.717, 1.165) is 36.8 Å². The van der Waals surface area contributed by atoms with Crippen LogP contribution >= 0.6 is 0 Å². The number of benzene rings is 2. The van der Waals surface area contributed by atoms with E-state index in [4.69, 9.17) is 4.74 Å². The Hall–Kier alpha value is -2.09. The predicted molar refractivity (Wildman–Crippen MR) is 92.2 cm³/mol. The van der Waals surface area contributed by atoms with Crippen molar-refractivity contribution >= 4 is 5.97 Å². The van der Waals surface area contributed by atoms with Gasteiger partial charge in [-0.1, -0.05) is 79.4 Å². The van der Waals surface area contributed by atoms with Crippen LogP contribution in [-0.4, -0.2) is 5.97 Å². The van der Waals surface area contributed by atoms with Gasteiger partial charge in [-0.05, 0) is 30.9 Å². The zero-order chi connectivity index (χ0) is 16.1. The number of carbonyl (C=O) groups is 1. The van der Waals surface area contributed by atoms with Gasteiger partial charge < -0.3 is 4.74 Å². The second-order valence-corrected chi connectivity index (χ2v) is 6.57. The van der Waals surface area contributed by atoms with Crippen LogP contribution in [-0.2, 0) is 21.6 Å². The van der Waals surface area contributed by atoms with Gasteiger partial charge >= 0.3 is 5.97 Å². The molecule has 1 saturated carbocycles. The van der Waals surface area contributed by atoms with Crippen LogP contribution in [0.15, 0.2) is 54.6 Å². The van der Waals surface area contributed by atoms with Crippen LogP contribution in [0.3, 0.4) is 0 Å². The monoisotopic (exact) mass is 308 g/mol. The minimum absolute atomic E-state index is 0.0649. The van der Waals surface area contributed by atoms with Crippen molar-refractivity contribution in [2.24, 2.45) is 0 Å². The fourth-order valence-corrected chi connectivity index (χ4v) is 3.50. The lowest BCUT2D eigenvalue weighted by atomic mass is 9.69. The van der Waals surface area contributed by atoms with Gasteiger partial charge in [0.2, 0.25) is 0 Å². The molecule has 2 aromatic rings. The van der Waals surface area contributed by atoms with E-state index < -0.39 is 5.41 Å². The van der Waals surface area contributed by atoms with Gasteiger partial charge in [0.15, 0.2) is 0 Å². The molecular weight excluding hydrogens is 284 g/mol. The fraction of sp³-hybridized carbons (Fsp3) is 0.381. The van der Waals surface area contributed by atoms with Crippen molar-refractivity contribution in [1.29, 1.82) is 0 Å². The summed E-state index contributed by atoms with van der Waals surface area (Å²) in [7, 11) is 0. The number of hydrogen-bond donors (Lipinski definition) is 0. The Kier molecular flexibility index (Phi) is 4.80. The van der Waals surface area contributed by atoms with Crippen molar-refractivity contribution in [3.63, 3.8) is 0 Å². The van der Waals surface area contributed by atoms with Gasteiger partial charge in [-0.2, -0.15) is 0 Å². The molecule has 1 aliphatic carbocycles. The Morgan fingerprint density at radius 2 is 1.61 bits per heavy atom. The highest BCUT2D eigenvalue weighted by molar-refractivity contribution is 5.83. The predicted octanol–water partition coefficient (Wildman–Crippen LogP) is 4.94. The number of hydrogen-bond acceptors (Lipinski definition) is 2. The molecule has 0 N–H and O–H groups in total. The fourth-order valence-electron chi connectivity index (χ4n) is 3.50. The van der Waals surface area contributed by atoms with E-state index in [0.29, 0.717) is 6.61 Å². The first kappa shape index (κ1) is 15.8. The molecule has 1 fully saturated rings. The normalized spacial score (nSPS) is 16.7. The van der Waals surface area contributed by atoms with Crippen LogP contribution in [0.5, 0.6) is 0 Å². The highest BCUT2D eigenvalue weighted by Crippen LogP contribution is 2.40. The summed E-state index contributed by atoms with van der Waals surface area (Å²) in [5.74, 6) is -0.0649. The molecule has 0 amide bonds. The second-order valence-electron chi connectivity index (χ2n) is 6.57. The van der Waals surface area contributed by atoms with Crippen molar-refractivity contribution in [3.05, 3.63) is 71.3 Å². The summed E-state index contributed by atoms with van der Waals surface area (Å²) in [4.78, 5) is 13.0. The third kappa shape index (κ3) is 3.47. The minimum atomic E-state index is -0.458.